The van der Waals surface area contributed by atoms with Crippen molar-refractivity contribution in [2.24, 2.45) is 0 Å². The number of carbonyl (C=O) groups excluding carboxylic acids is 3. The molecule has 0 radical (unpaired) electrons. The third kappa shape index (κ3) is 4.65. The summed E-state index contributed by atoms with van der Waals surface area (Å²) < 4.78 is 5.64. The Bertz CT molecular complexity index is 868. The topological polar surface area (TPSA) is 75.7 Å². The first-order valence-corrected chi connectivity index (χ1v) is 9.17. The summed E-state index contributed by atoms with van der Waals surface area (Å²) in [5.74, 6) is 0.175. The van der Waals surface area contributed by atoms with Crippen molar-refractivity contribution in [2.75, 3.05) is 18.5 Å². The summed E-state index contributed by atoms with van der Waals surface area (Å²) in [6.45, 7) is 2.35. The monoisotopic (exact) mass is 378 g/mol. The molecule has 28 heavy (non-hydrogen) atoms. The molecule has 0 unspecified atom stereocenters. The van der Waals surface area contributed by atoms with Crippen LogP contribution in [0.15, 0.2) is 60.7 Å². The number of fused-ring (bicyclic) bond motifs is 1. The van der Waals surface area contributed by atoms with Gasteiger partial charge in [-0.05, 0) is 49.2 Å². The molecule has 0 spiro atoms. The molecule has 0 bridgehead atoms. The number of hydrogen-bond acceptors (Lipinski definition) is 4. The number of imide groups is 1. The van der Waals surface area contributed by atoms with Crippen molar-refractivity contribution in [3.63, 3.8) is 0 Å². The highest BCUT2D eigenvalue weighted by Crippen LogP contribution is 2.22. The van der Waals surface area contributed by atoms with E-state index in [-0.39, 0.29) is 17.7 Å². The number of amides is 3. The number of rotatable bonds is 8. The van der Waals surface area contributed by atoms with Crippen LogP contribution in [0.25, 0.3) is 0 Å². The lowest BCUT2D eigenvalue weighted by Gasteiger charge is -2.11. The van der Waals surface area contributed by atoms with Crippen LogP contribution < -0.4 is 10.1 Å². The van der Waals surface area contributed by atoms with Crippen molar-refractivity contribution in [2.45, 2.75) is 19.8 Å². The number of carbonyl (C=O) groups is 3. The summed E-state index contributed by atoms with van der Waals surface area (Å²) in [6.07, 6.45) is 5.25. The van der Waals surface area contributed by atoms with E-state index in [4.69, 9.17) is 4.74 Å². The van der Waals surface area contributed by atoms with Gasteiger partial charge in [0.05, 0.1) is 17.7 Å². The van der Waals surface area contributed by atoms with Gasteiger partial charge in [0.25, 0.3) is 11.8 Å². The lowest BCUT2D eigenvalue weighted by Crippen LogP contribution is -2.30. The van der Waals surface area contributed by atoms with E-state index in [2.05, 4.69) is 5.32 Å². The van der Waals surface area contributed by atoms with Gasteiger partial charge in [0.15, 0.2) is 0 Å². The van der Waals surface area contributed by atoms with Gasteiger partial charge in [-0.2, -0.15) is 0 Å². The van der Waals surface area contributed by atoms with Crippen molar-refractivity contribution < 1.29 is 19.1 Å². The molecule has 1 N–H and O–H groups in total. The molecule has 0 atom stereocenters. The molecule has 1 heterocycles. The minimum absolute atomic E-state index is 0.111. The fourth-order valence-corrected chi connectivity index (χ4v) is 2.96. The van der Waals surface area contributed by atoms with Crippen LogP contribution in [0.3, 0.4) is 0 Å². The molecule has 0 aromatic heterocycles. The second-order valence-corrected chi connectivity index (χ2v) is 6.41. The third-order valence-corrected chi connectivity index (χ3v) is 4.29. The second kappa shape index (κ2) is 8.99. The lowest BCUT2D eigenvalue weighted by atomic mass is 10.1. The number of anilines is 1. The van der Waals surface area contributed by atoms with Crippen molar-refractivity contribution in [3.8, 4) is 5.75 Å². The zero-order valence-electron chi connectivity index (χ0n) is 15.7. The molecule has 0 aliphatic carbocycles. The Kier molecular flexibility index (Phi) is 6.22. The van der Waals surface area contributed by atoms with Gasteiger partial charge in [-0.3, -0.25) is 19.3 Å². The quantitative estimate of drug-likeness (QED) is 0.432. The van der Waals surface area contributed by atoms with Crippen molar-refractivity contribution in [1.82, 2.24) is 4.90 Å². The summed E-state index contributed by atoms with van der Waals surface area (Å²) in [5, 5.41) is 2.70. The average Bonchev–Trinajstić information content (AvgIpc) is 2.93. The molecule has 1 aliphatic heterocycles. The highest BCUT2D eigenvalue weighted by atomic mass is 16.5. The van der Waals surface area contributed by atoms with Gasteiger partial charge in [-0.1, -0.05) is 24.3 Å². The van der Waals surface area contributed by atoms with Gasteiger partial charge < -0.3 is 10.1 Å². The number of ether oxygens (including phenoxy) is 1. The Hall–Kier alpha value is -3.41. The molecule has 6 nitrogen and oxygen atoms in total. The molecule has 2 aromatic carbocycles. The summed E-state index contributed by atoms with van der Waals surface area (Å²) in [4.78, 5) is 36.8. The van der Waals surface area contributed by atoms with Gasteiger partial charge >= 0.3 is 0 Å². The zero-order valence-corrected chi connectivity index (χ0v) is 15.7. The minimum atomic E-state index is -0.222. The first kappa shape index (κ1) is 19.4. The van der Waals surface area contributed by atoms with E-state index < -0.39 is 0 Å². The van der Waals surface area contributed by atoms with Crippen molar-refractivity contribution >= 4 is 23.4 Å². The molecule has 0 saturated heterocycles. The van der Waals surface area contributed by atoms with E-state index in [1.54, 1.807) is 48.5 Å². The maximum atomic E-state index is 12.3. The minimum Gasteiger partial charge on any atom is -0.493 e. The maximum absolute atomic E-state index is 12.3. The Balaban J connectivity index is 1.37. The van der Waals surface area contributed by atoms with E-state index in [9.17, 15) is 14.4 Å². The molecular weight excluding hydrogens is 356 g/mol. The van der Waals surface area contributed by atoms with Crippen LogP contribution in [-0.2, 0) is 4.79 Å². The smallest absolute Gasteiger partial charge is 0.261 e. The Labute approximate surface area is 163 Å². The fourth-order valence-electron chi connectivity index (χ4n) is 2.96. The van der Waals surface area contributed by atoms with Gasteiger partial charge in [-0.25, -0.2) is 0 Å². The van der Waals surface area contributed by atoms with Crippen molar-refractivity contribution in [3.05, 3.63) is 71.8 Å². The number of nitrogens with zero attached hydrogens (tertiary/aromatic N) is 1. The Morgan fingerprint density at radius 3 is 2.18 bits per heavy atom. The summed E-state index contributed by atoms with van der Waals surface area (Å²) in [6, 6.07) is 14.1. The maximum Gasteiger partial charge on any atom is 0.261 e. The molecule has 6 heteroatoms. The predicted molar refractivity (Wildman–Crippen MR) is 106 cm³/mol. The van der Waals surface area contributed by atoms with Crippen LogP contribution in [0.4, 0.5) is 5.69 Å². The van der Waals surface area contributed by atoms with E-state index in [1.807, 2.05) is 12.2 Å². The molecule has 3 amide bonds. The number of hydrogen-bond donors (Lipinski definition) is 1. The van der Waals surface area contributed by atoms with E-state index in [0.717, 1.165) is 17.9 Å². The average molecular weight is 378 g/mol. The SMILES string of the molecule is CC(=O)Nc1ccc(OCCC=CCCN2C(=O)c3ccccc3C2=O)cc1. The third-order valence-electron chi connectivity index (χ3n) is 4.29. The Morgan fingerprint density at radius 2 is 1.57 bits per heavy atom. The Morgan fingerprint density at radius 1 is 0.964 bits per heavy atom. The summed E-state index contributed by atoms with van der Waals surface area (Å²) >= 11 is 0. The standard InChI is InChI=1S/C22H22N2O4/c1-16(25)23-17-10-12-18(13-11-17)28-15-7-3-2-6-14-24-21(26)19-8-4-5-9-20(19)22(24)27/h2-5,8-13H,6-7,14-15H2,1H3,(H,23,25). The first-order chi connectivity index (χ1) is 13.6. The summed E-state index contributed by atoms with van der Waals surface area (Å²) in [7, 11) is 0. The van der Waals surface area contributed by atoms with Crippen LogP contribution >= 0.6 is 0 Å². The van der Waals surface area contributed by atoms with E-state index >= 15 is 0 Å². The largest absolute Gasteiger partial charge is 0.493 e. The van der Waals surface area contributed by atoms with E-state index in [1.165, 1.54) is 11.8 Å². The molecule has 144 valence electrons. The van der Waals surface area contributed by atoms with Crippen LogP contribution in [0, 0.1) is 0 Å². The molecule has 1 aliphatic rings. The molecule has 0 saturated carbocycles. The van der Waals surface area contributed by atoms with Crippen LogP contribution in [0.5, 0.6) is 5.75 Å². The second-order valence-electron chi connectivity index (χ2n) is 6.41. The number of benzene rings is 2. The van der Waals surface area contributed by atoms with Gasteiger partial charge in [-0.15, -0.1) is 0 Å². The first-order valence-electron chi connectivity index (χ1n) is 9.17. The van der Waals surface area contributed by atoms with Crippen LogP contribution in [-0.4, -0.2) is 35.8 Å². The molecule has 2 aromatic rings. The van der Waals surface area contributed by atoms with Gasteiger partial charge in [0.2, 0.25) is 5.91 Å². The van der Waals surface area contributed by atoms with Crippen LogP contribution in [0.2, 0.25) is 0 Å². The highest BCUT2D eigenvalue weighted by molar-refractivity contribution is 6.21. The fraction of sp³-hybridized carbons (Fsp3) is 0.227. The van der Waals surface area contributed by atoms with Gasteiger partial charge in [0.1, 0.15) is 5.75 Å². The number of nitrogens with one attached hydrogen (secondary N) is 1. The predicted octanol–water partition coefficient (Wildman–Crippen LogP) is 3.66. The molecule has 3 rings (SSSR count). The normalized spacial score (nSPS) is 13.1. The highest BCUT2D eigenvalue weighted by Gasteiger charge is 2.34. The molecule has 0 fully saturated rings. The summed E-state index contributed by atoms with van der Waals surface area (Å²) in [5.41, 5.74) is 1.69. The van der Waals surface area contributed by atoms with Crippen LogP contribution in [0.1, 0.15) is 40.5 Å². The van der Waals surface area contributed by atoms with Crippen molar-refractivity contribution in [1.29, 1.82) is 0 Å². The lowest BCUT2D eigenvalue weighted by molar-refractivity contribution is -0.114. The zero-order chi connectivity index (χ0) is 19.9. The molecular formula is C22H22N2O4. The van der Waals surface area contributed by atoms with Gasteiger partial charge in [0, 0.05) is 19.2 Å². The van der Waals surface area contributed by atoms with E-state index in [0.29, 0.717) is 30.7 Å².